The minimum Gasteiger partial charge on any atom is -0.469 e. The van der Waals surface area contributed by atoms with E-state index in [1.54, 1.807) is 10.9 Å². The molecule has 5 heteroatoms. The molecule has 2 heterocycles. The van der Waals surface area contributed by atoms with E-state index < -0.39 is 0 Å². The first-order chi connectivity index (χ1) is 7.79. The molecule has 0 aliphatic carbocycles. The van der Waals surface area contributed by atoms with E-state index in [0.29, 0.717) is 0 Å². The van der Waals surface area contributed by atoms with E-state index in [4.69, 9.17) is 4.74 Å². The van der Waals surface area contributed by atoms with Gasteiger partial charge in [0, 0.05) is 18.4 Å². The van der Waals surface area contributed by atoms with Crippen LogP contribution < -0.4 is 0 Å². The van der Waals surface area contributed by atoms with Crippen LogP contribution in [-0.4, -0.2) is 29.5 Å². The number of rotatable bonds is 3. The second kappa shape index (κ2) is 5.12. The number of hydrogen-bond donors (Lipinski definition) is 0. The van der Waals surface area contributed by atoms with Crippen molar-refractivity contribution in [2.45, 2.75) is 31.9 Å². The Morgan fingerprint density at radius 2 is 2.56 bits per heavy atom. The summed E-state index contributed by atoms with van der Waals surface area (Å²) in [5, 5.41) is 4.21. The summed E-state index contributed by atoms with van der Waals surface area (Å²) in [6.45, 7) is 0.789. The summed E-state index contributed by atoms with van der Waals surface area (Å²) in [6, 6.07) is 0. The fourth-order valence-electron chi connectivity index (χ4n) is 1.80. The van der Waals surface area contributed by atoms with Crippen molar-refractivity contribution in [3.63, 3.8) is 0 Å². The standard InChI is InChI=1S/C11H16N2O3/c1-15-11(14)6-9-7-12-13(8-9)10-4-2-3-5-16-10/h7-8,10H,2-6H2,1H3. The summed E-state index contributed by atoms with van der Waals surface area (Å²) in [6.07, 6.45) is 7.11. The van der Waals surface area contributed by atoms with Gasteiger partial charge in [0.25, 0.3) is 0 Å². The summed E-state index contributed by atoms with van der Waals surface area (Å²) in [5.74, 6) is -0.246. The summed E-state index contributed by atoms with van der Waals surface area (Å²) in [7, 11) is 1.39. The fraction of sp³-hybridized carbons (Fsp3) is 0.636. The molecule has 0 amide bonds. The Balaban J connectivity index is 1.98. The molecule has 0 saturated carbocycles. The third kappa shape index (κ3) is 2.61. The maximum Gasteiger partial charge on any atom is 0.310 e. The Kier molecular flexibility index (Phi) is 3.56. The molecule has 16 heavy (non-hydrogen) atoms. The lowest BCUT2D eigenvalue weighted by atomic mass is 10.2. The molecule has 2 rings (SSSR count). The molecule has 1 unspecified atom stereocenters. The SMILES string of the molecule is COC(=O)Cc1cnn(C2CCCCO2)c1. The lowest BCUT2D eigenvalue weighted by Crippen LogP contribution is -2.18. The Morgan fingerprint density at radius 3 is 3.25 bits per heavy atom. The van der Waals surface area contributed by atoms with Gasteiger partial charge in [0.2, 0.25) is 0 Å². The number of carbonyl (C=O) groups excluding carboxylic acids is 1. The smallest absolute Gasteiger partial charge is 0.310 e. The lowest BCUT2D eigenvalue weighted by molar-refractivity contribution is -0.139. The van der Waals surface area contributed by atoms with Crippen molar-refractivity contribution in [1.82, 2.24) is 9.78 Å². The second-order valence-corrected chi connectivity index (χ2v) is 3.90. The Morgan fingerprint density at radius 1 is 1.69 bits per heavy atom. The van der Waals surface area contributed by atoms with Crippen molar-refractivity contribution in [2.75, 3.05) is 13.7 Å². The minimum absolute atomic E-state index is 0.0279. The molecule has 1 aliphatic heterocycles. The van der Waals surface area contributed by atoms with Crippen LogP contribution in [0.15, 0.2) is 12.4 Å². The van der Waals surface area contributed by atoms with Gasteiger partial charge in [-0.1, -0.05) is 0 Å². The molecule has 1 aromatic rings. The monoisotopic (exact) mass is 224 g/mol. The highest BCUT2D eigenvalue weighted by atomic mass is 16.5. The van der Waals surface area contributed by atoms with Crippen molar-refractivity contribution in [2.24, 2.45) is 0 Å². The van der Waals surface area contributed by atoms with Crippen LogP contribution in [0.4, 0.5) is 0 Å². The third-order valence-electron chi connectivity index (χ3n) is 2.68. The van der Waals surface area contributed by atoms with Gasteiger partial charge in [-0.05, 0) is 19.3 Å². The number of methoxy groups -OCH3 is 1. The van der Waals surface area contributed by atoms with Gasteiger partial charge in [-0.15, -0.1) is 0 Å². The summed E-state index contributed by atoms with van der Waals surface area (Å²) < 4.78 is 12.0. The number of nitrogens with zero attached hydrogens (tertiary/aromatic N) is 2. The highest BCUT2D eigenvalue weighted by Gasteiger charge is 2.16. The van der Waals surface area contributed by atoms with Crippen LogP contribution in [0, 0.1) is 0 Å². The molecule has 1 aromatic heterocycles. The predicted molar refractivity (Wildman–Crippen MR) is 56.8 cm³/mol. The van der Waals surface area contributed by atoms with Gasteiger partial charge in [0.15, 0.2) is 0 Å². The first-order valence-corrected chi connectivity index (χ1v) is 5.51. The molecular formula is C11H16N2O3. The molecule has 0 N–H and O–H groups in total. The molecule has 0 aromatic carbocycles. The van der Waals surface area contributed by atoms with Crippen molar-refractivity contribution < 1.29 is 14.3 Å². The molecule has 88 valence electrons. The van der Waals surface area contributed by atoms with E-state index in [2.05, 4.69) is 9.84 Å². The van der Waals surface area contributed by atoms with Gasteiger partial charge < -0.3 is 9.47 Å². The number of ether oxygens (including phenoxy) is 2. The van der Waals surface area contributed by atoms with E-state index >= 15 is 0 Å². The second-order valence-electron chi connectivity index (χ2n) is 3.90. The fourth-order valence-corrected chi connectivity index (χ4v) is 1.80. The number of aromatic nitrogens is 2. The molecule has 5 nitrogen and oxygen atoms in total. The first kappa shape index (κ1) is 11.1. The molecule has 1 aliphatic rings. The van der Waals surface area contributed by atoms with Crippen molar-refractivity contribution >= 4 is 5.97 Å². The first-order valence-electron chi connectivity index (χ1n) is 5.51. The van der Waals surface area contributed by atoms with E-state index in [1.165, 1.54) is 7.11 Å². The summed E-state index contributed by atoms with van der Waals surface area (Å²) in [4.78, 5) is 11.1. The van der Waals surface area contributed by atoms with Crippen LogP contribution in [0.2, 0.25) is 0 Å². The molecule has 1 saturated heterocycles. The van der Waals surface area contributed by atoms with Crippen LogP contribution in [0.25, 0.3) is 0 Å². The van der Waals surface area contributed by atoms with E-state index in [9.17, 15) is 4.79 Å². The summed E-state index contributed by atoms with van der Waals surface area (Å²) in [5.41, 5.74) is 0.862. The third-order valence-corrected chi connectivity index (χ3v) is 2.68. The van der Waals surface area contributed by atoms with Crippen molar-refractivity contribution in [3.8, 4) is 0 Å². The minimum atomic E-state index is -0.246. The van der Waals surface area contributed by atoms with Crippen LogP contribution in [0.1, 0.15) is 31.1 Å². The molecule has 0 bridgehead atoms. The zero-order valence-electron chi connectivity index (χ0n) is 9.39. The normalized spacial score (nSPS) is 20.7. The van der Waals surface area contributed by atoms with Gasteiger partial charge in [-0.25, -0.2) is 4.68 Å². The predicted octanol–water partition coefficient (Wildman–Crippen LogP) is 1.30. The Hall–Kier alpha value is -1.36. The number of carbonyl (C=O) groups is 1. The number of esters is 1. The van der Waals surface area contributed by atoms with Crippen molar-refractivity contribution in [3.05, 3.63) is 18.0 Å². The quantitative estimate of drug-likeness (QED) is 0.726. The lowest BCUT2D eigenvalue weighted by Gasteiger charge is -2.22. The van der Waals surface area contributed by atoms with Gasteiger partial charge in [-0.2, -0.15) is 5.10 Å². The molecule has 0 spiro atoms. The van der Waals surface area contributed by atoms with Crippen molar-refractivity contribution in [1.29, 1.82) is 0 Å². The molecule has 1 fully saturated rings. The largest absolute Gasteiger partial charge is 0.469 e. The Bertz CT molecular complexity index is 356. The topological polar surface area (TPSA) is 53.3 Å². The van der Waals surface area contributed by atoms with Crippen LogP contribution >= 0.6 is 0 Å². The average molecular weight is 224 g/mol. The van der Waals surface area contributed by atoms with E-state index in [0.717, 1.165) is 31.4 Å². The highest BCUT2D eigenvalue weighted by Crippen LogP contribution is 2.21. The Labute approximate surface area is 94.3 Å². The maximum absolute atomic E-state index is 11.1. The zero-order valence-corrected chi connectivity index (χ0v) is 9.39. The summed E-state index contributed by atoms with van der Waals surface area (Å²) >= 11 is 0. The van der Waals surface area contributed by atoms with E-state index in [1.807, 2.05) is 6.20 Å². The van der Waals surface area contributed by atoms with Gasteiger partial charge in [0.05, 0.1) is 19.7 Å². The average Bonchev–Trinajstić information content (AvgIpc) is 2.78. The number of hydrogen-bond acceptors (Lipinski definition) is 4. The molecular weight excluding hydrogens is 208 g/mol. The van der Waals surface area contributed by atoms with Gasteiger partial charge in [0.1, 0.15) is 6.23 Å². The molecule has 1 atom stereocenters. The van der Waals surface area contributed by atoms with Crippen LogP contribution in [-0.2, 0) is 20.7 Å². The maximum atomic E-state index is 11.1. The highest BCUT2D eigenvalue weighted by molar-refractivity contribution is 5.72. The van der Waals surface area contributed by atoms with Crippen LogP contribution in [0.3, 0.4) is 0 Å². The van der Waals surface area contributed by atoms with Gasteiger partial charge >= 0.3 is 5.97 Å². The molecule has 0 radical (unpaired) electrons. The van der Waals surface area contributed by atoms with Gasteiger partial charge in [-0.3, -0.25) is 4.79 Å². The zero-order chi connectivity index (χ0) is 11.4. The van der Waals surface area contributed by atoms with E-state index in [-0.39, 0.29) is 18.6 Å². The van der Waals surface area contributed by atoms with Crippen LogP contribution in [0.5, 0.6) is 0 Å².